The minimum absolute atomic E-state index is 0.0226. The van der Waals surface area contributed by atoms with E-state index in [2.05, 4.69) is 25.7 Å². The second kappa shape index (κ2) is 6.35. The minimum Gasteiger partial charge on any atom is -0.396 e. The van der Waals surface area contributed by atoms with E-state index in [4.69, 9.17) is 5.11 Å². The number of likely N-dealkylation sites (N-methyl/N-ethyl adjacent to an activating group) is 1. The zero-order valence-electron chi connectivity index (χ0n) is 9.08. The first-order valence-electron chi connectivity index (χ1n) is 5.06. The molecule has 0 bridgehead atoms. The molecule has 0 fully saturated rings. The highest BCUT2D eigenvalue weighted by atomic mass is 16.3. The molecule has 2 N–H and O–H groups in total. The summed E-state index contributed by atoms with van der Waals surface area (Å²) in [7, 11) is 0. The van der Waals surface area contributed by atoms with Crippen molar-refractivity contribution in [3.63, 3.8) is 0 Å². The third-order valence-electron chi connectivity index (χ3n) is 2.70. The van der Waals surface area contributed by atoms with E-state index in [1.165, 1.54) is 0 Å². The van der Waals surface area contributed by atoms with Gasteiger partial charge in [0.05, 0.1) is 6.61 Å². The van der Waals surface area contributed by atoms with Gasteiger partial charge in [-0.3, -0.25) is 0 Å². The molecule has 1 atom stereocenters. The summed E-state index contributed by atoms with van der Waals surface area (Å²) in [6, 6.07) is 0. The average molecular weight is 189 g/mol. The van der Waals surface area contributed by atoms with Crippen LogP contribution < -0.4 is 0 Å². The molecule has 0 spiro atoms. The first-order valence-corrected chi connectivity index (χ1v) is 5.06. The number of nitrogens with zero attached hydrogens (tertiary/aromatic N) is 1. The van der Waals surface area contributed by atoms with Gasteiger partial charge in [-0.15, -0.1) is 0 Å². The molecule has 0 aromatic rings. The number of aliphatic hydroxyl groups excluding tert-OH is 2. The predicted octanol–water partition coefficient (Wildman–Crippen LogP) is 0.709. The molecule has 80 valence electrons. The van der Waals surface area contributed by atoms with Crippen molar-refractivity contribution in [1.82, 2.24) is 4.90 Å². The van der Waals surface area contributed by atoms with Gasteiger partial charge in [-0.05, 0) is 13.0 Å². The summed E-state index contributed by atoms with van der Waals surface area (Å²) in [6.45, 7) is 9.13. The Kier molecular flexibility index (Phi) is 6.29. The van der Waals surface area contributed by atoms with Crippen molar-refractivity contribution in [2.45, 2.75) is 27.2 Å². The fourth-order valence-electron chi connectivity index (χ4n) is 1.30. The molecule has 0 aliphatic heterocycles. The van der Waals surface area contributed by atoms with Crippen LogP contribution >= 0.6 is 0 Å². The first-order chi connectivity index (χ1) is 6.11. The van der Waals surface area contributed by atoms with Crippen LogP contribution in [-0.2, 0) is 0 Å². The normalized spacial score (nSPS) is 16.2. The highest BCUT2D eigenvalue weighted by molar-refractivity contribution is 4.75. The van der Waals surface area contributed by atoms with Gasteiger partial charge in [-0.2, -0.15) is 0 Å². The van der Waals surface area contributed by atoms with Crippen molar-refractivity contribution in [1.29, 1.82) is 0 Å². The van der Waals surface area contributed by atoms with Gasteiger partial charge < -0.3 is 15.1 Å². The summed E-state index contributed by atoms with van der Waals surface area (Å²) in [5.74, 6) is 0. The number of hydrogen-bond acceptors (Lipinski definition) is 3. The molecule has 0 aliphatic rings. The fourth-order valence-corrected chi connectivity index (χ4v) is 1.30. The number of rotatable bonds is 7. The third-order valence-corrected chi connectivity index (χ3v) is 2.70. The van der Waals surface area contributed by atoms with E-state index in [-0.39, 0.29) is 18.6 Å². The van der Waals surface area contributed by atoms with Crippen LogP contribution in [0.15, 0.2) is 0 Å². The lowest BCUT2D eigenvalue weighted by atomic mass is 9.88. The molecule has 3 heteroatoms. The van der Waals surface area contributed by atoms with Crippen molar-refractivity contribution >= 4 is 0 Å². The average Bonchev–Trinajstić information content (AvgIpc) is 2.17. The van der Waals surface area contributed by atoms with Crippen molar-refractivity contribution in [2.75, 3.05) is 32.8 Å². The molecular formula is C10H23NO2. The Morgan fingerprint density at radius 3 is 2.15 bits per heavy atom. The van der Waals surface area contributed by atoms with Gasteiger partial charge >= 0.3 is 0 Å². The van der Waals surface area contributed by atoms with Gasteiger partial charge in [0.25, 0.3) is 0 Å². The van der Waals surface area contributed by atoms with Crippen molar-refractivity contribution in [2.24, 2.45) is 5.41 Å². The van der Waals surface area contributed by atoms with E-state index < -0.39 is 0 Å². The molecule has 0 heterocycles. The monoisotopic (exact) mass is 189 g/mol. The van der Waals surface area contributed by atoms with E-state index in [1.807, 2.05) is 0 Å². The van der Waals surface area contributed by atoms with Crippen LogP contribution in [0.5, 0.6) is 0 Å². The summed E-state index contributed by atoms with van der Waals surface area (Å²) in [6.07, 6.45) is 0.964. The van der Waals surface area contributed by atoms with E-state index in [9.17, 15) is 5.11 Å². The van der Waals surface area contributed by atoms with E-state index in [0.717, 1.165) is 19.5 Å². The maximum atomic E-state index is 9.21. The van der Waals surface area contributed by atoms with Crippen LogP contribution in [0.4, 0.5) is 0 Å². The molecule has 0 radical (unpaired) electrons. The standard InChI is InChI=1S/C10H23NO2/c1-4-10(3,9-13)8-11(5-2)6-7-12/h12-13H,4-9H2,1-3H3. The lowest BCUT2D eigenvalue weighted by Gasteiger charge is -2.32. The Morgan fingerprint density at radius 1 is 1.23 bits per heavy atom. The molecule has 0 rings (SSSR count). The quantitative estimate of drug-likeness (QED) is 0.620. The SMILES string of the molecule is CCN(CCO)CC(C)(CC)CO. The zero-order chi connectivity index (χ0) is 10.3. The second-order valence-electron chi connectivity index (χ2n) is 3.91. The molecule has 1 unspecified atom stereocenters. The van der Waals surface area contributed by atoms with Gasteiger partial charge in [0.15, 0.2) is 0 Å². The Bertz CT molecular complexity index is 124. The molecular weight excluding hydrogens is 166 g/mol. The van der Waals surface area contributed by atoms with E-state index >= 15 is 0 Å². The van der Waals surface area contributed by atoms with Crippen LogP contribution in [0.25, 0.3) is 0 Å². The molecule has 3 nitrogen and oxygen atoms in total. The summed E-state index contributed by atoms with van der Waals surface area (Å²) in [4.78, 5) is 2.17. The highest BCUT2D eigenvalue weighted by Crippen LogP contribution is 2.21. The summed E-state index contributed by atoms with van der Waals surface area (Å²) in [5, 5.41) is 18.0. The fraction of sp³-hybridized carbons (Fsp3) is 1.00. The maximum absolute atomic E-state index is 9.21. The maximum Gasteiger partial charge on any atom is 0.0558 e. The Balaban J connectivity index is 4.02. The molecule has 13 heavy (non-hydrogen) atoms. The van der Waals surface area contributed by atoms with Gasteiger partial charge in [0, 0.05) is 25.1 Å². The number of hydrogen-bond donors (Lipinski definition) is 2. The van der Waals surface area contributed by atoms with Crippen molar-refractivity contribution in [3.8, 4) is 0 Å². The predicted molar refractivity (Wildman–Crippen MR) is 54.7 cm³/mol. The molecule has 0 saturated heterocycles. The lowest BCUT2D eigenvalue weighted by Crippen LogP contribution is -2.39. The zero-order valence-corrected chi connectivity index (χ0v) is 9.08. The van der Waals surface area contributed by atoms with Crippen molar-refractivity contribution in [3.05, 3.63) is 0 Å². The molecule has 0 aliphatic carbocycles. The number of aliphatic hydroxyl groups is 2. The smallest absolute Gasteiger partial charge is 0.0558 e. The molecule has 0 aromatic carbocycles. The van der Waals surface area contributed by atoms with Crippen LogP contribution in [0.1, 0.15) is 27.2 Å². The summed E-state index contributed by atoms with van der Waals surface area (Å²) < 4.78 is 0. The second-order valence-corrected chi connectivity index (χ2v) is 3.91. The Labute approximate surface area is 81.4 Å². The Hall–Kier alpha value is -0.120. The van der Waals surface area contributed by atoms with Gasteiger partial charge in [0.1, 0.15) is 0 Å². The topological polar surface area (TPSA) is 43.7 Å². The Morgan fingerprint density at radius 2 is 1.85 bits per heavy atom. The van der Waals surface area contributed by atoms with Gasteiger partial charge in [-0.25, -0.2) is 0 Å². The first kappa shape index (κ1) is 12.9. The molecule has 0 amide bonds. The van der Waals surface area contributed by atoms with Crippen LogP contribution in [0, 0.1) is 5.41 Å². The van der Waals surface area contributed by atoms with Gasteiger partial charge in [0.2, 0.25) is 0 Å². The van der Waals surface area contributed by atoms with Crippen LogP contribution in [0.2, 0.25) is 0 Å². The highest BCUT2D eigenvalue weighted by Gasteiger charge is 2.23. The third kappa shape index (κ3) is 4.60. The molecule has 0 aromatic heterocycles. The largest absolute Gasteiger partial charge is 0.396 e. The van der Waals surface area contributed by atoms with Crippen LogP contribution in [0.3, 0.4) is 0 Å². The minimum atomic E-state index is -0.0226. The van der Waals surface area contributed by atoms with E-state index in [1.54, 1.807) is 0 Å². The van der Waals surface area contributed by atoms with E-state index in [0.29, 0.717) is 6.54 Å². The summed E-state index contributed by atoms with van der Waals surface area (Å²) in [5.41, 5.74) is -0.0226. The summed E-state index contributed by atoms with van der Waals surface area (Å²) >= 11 is 0. The van der Waals surface area contributed by atoms with Crippen molar-refractivity contribution < 1.29 is 10.2 Å². The lowest BCUT2D eigenvalue weighted by molar-refractivity contribution is 0.0778. The van der Waals surface area contributed by atoms with Gasteiger partial charge in [-0.1, -0.05) is 20.8 Å². The van der Waals surface area contributed by atoms with Crippen LogP contribution in [-0.4, -0.2) is 48.0 Å². The molecule has 0 saturated carbocycles.